The molecular weight excluding hydrogens is 456 g/mol. The topological polar surface area (TPSA) is 77.0 Å². The van der Waals surface area contributed by atoms with Crippen LogP contribution in [-0.2, 0) is 4.74 Å². The van der Waals surface area contributed by atoms with Crippen LogP contribution in [0.4, 0.5) is 0 Å². The number of amides is 1. The number of methoxy groups -OCH3 is 2. The quantitative estimate of drug-likeness (QED) is 0.497. The molecule has 0 N–H and O–H groups in total. The van der Waals surface area contributed by atoms with E-state index in [1.807, 2.05) is 0 Å². The van der Waals surface area contributed by atoms with Gasteiger partial charge in [-0.1, -0.05) is 17.7 Å². The molecule has 0 bridgehead atoms. The molecule has 1 amide bonds. The Balaban J connectivity index is 1.34. The van der Waals surface area contributed by atoms with E-state index in [0.29, 0.717) is 34.5 Å². The first-order valence-corrected chi connectivity index (χ1v) is 11.7. The number of ether oxygens (including phenoxy) is 3. The minimum absolute atomic E-state index is 0.127. The van der Waals surface area contributed by atoms with Gasteiger partial charge in [0, 0.05) is 31.8 Å². The van der Waals surface area contributed by atoms with E-state index >= 15 is 0 Å². The van der Waals surface area contributed by atoms with Crippen LogP contribution in [0.2, 0.25) is 5.02 Å². The summed E-state index contributed by atoms with van der Waals surface area (Å²) in [5, 5.41) is 0.500. The molecule has 0 radical (unpaired) electrons. The molecular formula is C25H29ClN4O4. The third-order valence-electron chi connectivity index (χ3n) is 5.86. The number of unbranched alkanes of at least 4 members (excludes halogenated alkanes) is 1. The van der Waals surface area contributed by atoms with Crippen LogP contribution in [-0.4, -0.2) is 72.7 Å². The Morgan fingerprint density at radius 1 is 1.18 bits per heavy atom. The third kappa shape index (κ3) is 5.75. The van der Waals surface area contributed by atoms with Crippen LogP contribution in [0.3, 0.4) is 0 Å². The number of halogens is 1. The first-order chi connectivity index (χ1) is 16.6. The zero-order chi connectivity index (χ0) is 23.9. The number of carbonyl (C=O) groups is 1. The minimum Gasteiger partial charge on any atom is -0.480 e. The van der Waals surface area contributed by atoms with E-state index in [-0.39, 0.29) is 12.5 Å². The van der Waals surface area contributed by atoms with Crippen LogP contribution < -0.4 is 9.47 Å². The molecule has 0 aliphatic carbocycles. The van der Waals surface area contributed by atoms with Gasteiger partial charge in [0.15, 0.2) is 0 Å². The van der Waals surface area contributed by atoms with Crippen molar-refractivity contribution < 1.29 is 19.0 Å². The van der Waals surface area contributed by atoms with Crippen molar-refractivity contribution in [1.82, 2.24) is 19.8 Å². The van der Waals surface area contributed by atoms with Gasteiger partial charge in [-0.05, 0) is 49.6 Å². The number of hydrogen-bond donors (Lipinski definition) is 0. The molecule has 0 unspecified atom stereocenters. The molecule has 8 nitrogen and oxygen atoms in total. The summed E-state index contributed by atoms with van der Waals surface area (Å²) in [7, 11) is 3.20. The summed E-state index contributed by atoms with van der Waals surface area (Å²) in [4.78, 5) is 26.1. The van der Waals surface area contributed by atoms with Crippen molar-refractivity contribution in [3.63, 3.8) is 0 Å². The number of aromatic nitrogens is 2. The zero-order valence-electron chi connectivity index (χ0n) is 19.5. The first-order valence-electron chi connectivity index (χ1n) is 11.3. The number of nitrogens with zero attached hydrogens (tertiary/aromatic N) is 4. The van der Waals surface area contributed by atoms with E-state index in [1.54, 1.807) is 56.0 Å². The van der Waals surface area contributed by atoms with E-state index in [1.165, 1.54) is 0 Å². The van der Waals surface area contributed by atoms with Crippen LogP contribution in [0.5, 0.6) is 11.6 Å². The summed E-state index contributed by atoms with van der Waals surface area (Å²) in [6, 6.07) is 5.08. The average molecular weight is 485 g/mol. The van der Waals surface area contributed by atoms with E-state index < -0.39 is 0 Å². The van der Waals surface area contributed by atoms with Gasteiger partial charge >= 0.3 is 0 Å². The number of rotatable bonds is 9. The van der Waals surface area contributed by atoms with Crippen molar-refractivity contribution in [2.45, 2.75) is 19.3 Å². The SMILES string of the molecule is COCC1=COc2ccc(Cl)cc2C(=O)N1CCCCN1CCC=C(c2cncc(OC)n2)C1. The van der Waals surface area contributed by atoms with Crippen LogP contribution in [0.25, 0.3) is 5.57 Å². The lowest BCUT2D eigenvalue weighted by Crippen LogP contribution is -2.34. The van der Waals surface area contributed by atoms with Gasteiger partial charge in [-0.15, -0.1) is 0 Å². The Labute approximate surface area is 204 Å². The van der Waals surface area contributed by atoms with Crippen molar-refractivity contribution in [2.75, 3.05) is 47.0 Å². The molecule has 0 saturated carbocycles. The highest BCUT2D eigenvalue weighted by Gasteiger charge is 2.26. The highest BCUT2D eigenvalue weighted by Crippen LogP contribution is 2.29. The third-order valence-corrected chi connectivity index (χ3v) is 6.10. The number of fused-ring (bicyclic) bond motifs is 1. The number of hydrogen-bond acceptors (Lipinski definition) is 7. The molecule has 0 atom stereocenters. The molecule has 1 aromatic heterocycles. The molecule has 2 aliphatic rings. The van der Waals surface area contributed by atoms with Gasteiger partial charge in [0.25, 0.3) is 5.91 Å². The number of benzene rings is 1. The molecule has 0 fully saturated rings. The normalized spacial score (nSPS) is 16.3. The highest BCUT2D eigenvalue weighted by molar-refractivity contribution is 6.31. The molecule has 9 heteroatoms. The summed E-state index contributed by atoms with van der Waals surface area (Å²) >= 11 is 6.13. The maximum atomic E-state index is 13.3. The summed E-state index contributed by atoms with van der Waals surface area (Å²) < 4.78 is 16.3. The van der Waals surface area contributed by atoms with Crippen LogP contribution in [0.15, 0.2) is 48.6 Å². The summed E-state index contributed by atoms with van der Waals surface area (Å²) in [6.07, 6.45) is 9.96. The molecule has 1 aromatic carbocycles. The van der Waals surface area contributed by atoms with Gasteiger partial charge < -0.3 is 19.1 Å². The van der Waals surface area contributed by atoms with Gasteiger partial charge in [-0.3, -0.25) is 14.7 Å². The Morgan fingerprint density at radius 3 is 2.85 bits per heavy atom. The minimum atomic E-state index is -0.127. The predicted octanol–water partition coefficient (Wildman–Crippen LogP) is 4.03. The van der Waals surface area contributed by atoms with Crippen LogP contribution in [0.1, 0.15) is 35.3 Å². The van der Waals surface area contributed by atoms with E-state index in [2.05, 4.69) is 20.9 Å². The predicted molar refractivity (Wildman–Crippen MR) is 130 cm³/mol. The smallest absolute Gasteiger partial charge is 0.262 e. The van der Waals surface area contributed by atoms with Gasteiger partial charge in [0.1, 0.15) is 12.0 Å². The summed E-state index contributed by atoms with van der Waals surface area (Å²) in [5.74, 6) is 0.890. The number of carbonyl (C=O) groups excluding carboxylic acids is 1. The molecule has 3 heterocycles. The highest BCUT2D eigenvalue weighted by atomic mass is 35.5. The molecule has 4 rings (SSSR count). The Hall–Kier alpha value is -2.94. The molecule has 180 valence electrons. The largest absolute Gasteiger partial charge is 0.480 e. The molecule has 0 saturated heterocycles. The molecule has 34 heavy (non-hydrogen) atoms. The second kappa shape index (κ2) is 11.5. The van der Waals surface area contributed by atoms with Crippen molar-refractivity contribution in [1.29, 1.82) is 0 Å². The van der Waals surface area contributed by atoms with E-state index in [9.17, 15) is 4.79 Å². The maximum absolute atomic E-state index is 13.3. The molecule has 2 aromatic rings. The van der Waals surface area contributed by atoms with Gasteiger partial charge in [0.2, 0.25) is 5.88 Å². The van der Waals surface area contributed by atoms with Crippen molar-refractivity contribution in [3.05, 3.63) is 64.9 Å². The summed E-state index contributed by atoms with van der Waals surface area (Å²) in [6.45, 7) is 3.60. The van der Waals surface area contributed by atoms with E-state index in [0.717, 1.165) is 50.2 Å². The molecule has 2 aliphatic heterocycles. The van der Waals surface area contributed by atoms with Crippen molar-refractivity contribution in [2.24, 2.45) is 0 Å². The lowest BCUT2D eigenvalue weighted by atomic mass is 10.1. The Kier molecular flexibility index (Phi) is 8.16. The average Bonchev–Trinajstić information content (AvgIpc) is 2.99. The lowest BCUT2D eigenvalue weighted by molar-refractivity contribution is 0.0771. The van der Waals surface area contributed by atoms with Crippen molar-refractivity contribution >= 4 is 23.1 Å². The van der Waals surface area contributed by atoms with Gasteiger partial charge in [-0.2, -0.15) is 0 Å². The standard InChI is InChI=1S/C25H29ClN4O4/c1-32-16-20-17-34-23-8-7-19(26)12-21(23)25(31)30(20)11-4-3-9-29-10-5-6-18(15-29)22-13-27-14-24(28-22)33-2/h6-8,12-14,17H,3-5,9-11,15-16H2,1-2H3. The second-order valence-electron chi connectivity index (χ2n) is 8.21. The van der Waals surface area contributed by atoms with Gasteiger partial charge in [-0.25, -0.2) is 4.98 Å². The van der Waals surface area contributed by atoms with Gasteiger partial charge in [0.05, 0.1) is 43.1 Å². The van der Waals surface area contributed by atoms with Crippen molar-refractivity contribution in [3.8, 4) is 11.6 Å². The Morgan fingerprint density at radius 2 is 2.03 bits per heavy atom. The lowest BCUT2D eigenvalue weighted by Gasteiger charge is -2.28. The van der Waals surface area contributed by atoms with Crippen LogP contribution >= 0.6 is 11.6 Å². The van der Waals surface area contributed by atoms with E-state index in [4.69, 9.17) is 25.8 Å². The summed E-state index contributed by atoms with van der Waals surface area (Å²) in [5.41, 5.74) is 3.17. The van der Waals surface area contributed by atoms with Crippen LogP contribution in [0, 0.1) is 0 Å². The monoisotopic (exact) mass is 484 g/mol. The fourth-order valence-electron chi connectivity index (χ4n) is 4.14. The second-order valence-corrected chi connectivity index (χ2v) is 8.64. The Bertz CT molecular complexity index is 1090. The fourth-order valence-corrected chi connectivity index (χ4v) is 4.31. The maximum Gasteiger partial charge on any atom is 0.262 e. The first kappa shape index (κ1) is 24.2. The fraction of sp³-hybridized carbons (Fsp3) is 0.400. The molecule has 0 spiro atoms. The zero-order valence-corrected chi connectivity index (χ0v) is 20.3.